The molecule has 0 spiro atoms. The third kappa shape index (κ3) is 2.87. The number of hydrogen-bond acceptors (Lipinski definition) is 3. The molecule has 0 atom stereocenters. The predicted octanol–water partition coefficient (Wildman–Crippen LogP) is 2.75. The summed E-state index contributed by atoms with van der Waals surface area (Å²) in [7, 11) is 0. The lowest BCUT2D eigenvalue weighted by Crippen LogP contribution is -2.28. The Bertz CT molecular complexity index is 1010. The summed E-state index contributed by atoms with van der Waals surface area (Å²) in [4.78, 5) is 25.0. The number of aromatic amines is 1. The Morgan fingerprint density at radius 1 is 1.16 bits per heavy atom. The van der Waals surface area contributed by atoms with E-state index in [-0.39, 0.29) is 5.91 Å². The summed E-state index contributed by atoms with van der Waals surface area (Å²) in [5.41, 5.74) is 4.18. The maximum Gasteiger partial charge on any atom is 0.270 e. The quantitative estimate of drug-likeness (QED) is 0.590. The Hall–Kier alpha value is -3.15. The van der Waals surface area contributed by atoms with Crippen LogP contribution in [-0.4, -0.2) is 31.8 Å². The summed E-state index contributed by atoms with van der Waals surface area (Å²) in [5.74, 6) is 0.766. The van der Waals surface area contributed by atoms with Crippen LogP contribution < -0.4 is 5.32 Å². The van der Waals surface area contributed by atoms with E-state index in [0.717, 1.165) is 28.2 Å². The fraction of sp³-hybridized carbons (Fsp3) is 0.211. The number of nitrogens with zero attached hydrogens (tertiary/aromatic N) is 3. The number of nitrogens with one attached hydrogen (secondary N) is 2. The minimum absolute atomic E-state index is 0.105. The summed E-state index contributed by atoms with van der Waals surface area (Å²) in [6, 6.07) is 13.6. The van der Waals surface area contributed by atoms with Crippen LogP contribution in [0.15, 0.2) is 48.7 Å². The van der Waals surface area contributed by atoms with E-state index in [9.17, 15) is 4.79 Å². The summed E-state index contributed by atoms with van der Waals surface area (Å²) in [6.07, 6.45) is 3.24. The molecule has 6 nitrogen and oxygen atoms in total. The molecule has 0 unspecified atom stereocenters. The fourth-order valence-electron chi connectivity index (χ4n) is 3.03. The monoisotopic (exact) mass is 333 g/mol. The molecule has 0 saturated heterocycles. The van der Waals surface area contributed by atoms with E-state index in [0.29, 0.717) is 25.1 Å². The number of rotatable bonds is 5. The Labute approximate surface area is 144 Å². The van der Waals surface area contributed by atoms with Gasteiger partial charge in [0.25, 0.3) is 5.91 Å². The van der Waals surface area contributed by atoms with Crippen molar-refractivity contribution in [2.75, 3.05) is 6.54 Å². The highest BCUT2D eigenvalue weighted by molar-refractivity contribution is 5.94. The smallest absolute Gasteiger partial charge is 0.270 e. The number of benzene rings is 1. The van der Waals surface area contributed by atoms with Crippen LogP contribution >= 0.6 is 0 Å². The van der Waals surface area contributed by atoms with Crippen LogP contribution in [0.2, 0.25) is 0 Å². The van der Waals surface area contributed by atoms with E-state index < -0.39 is 0 Å². The molecular weight excluding hydrogens is 314 g/mol. The molecule has 0 fully saturated rings. The van der Waals surface area contributed by atoms with Gasteiger partial charge in [-0.3, -0.25) is 9.20 Å². The summed E-state index contributed by atoms with van der Waals surface area (Å²) in [6.45, 7) is 2.52. The third-order valence-electron chi connectivity index (χ3n) is 4.24. The van der Waals surface area contributed by atoms with Crippen molar-refractivity contribution in [1.82, 2.24) is 24.7 Å². The van der Waals surface area contributed by atoms with Crippen LogP contribution in [-0.2, 0) is 12.8 Å². The van der Waals surface area contributed by atoms with E-state index in [4.69, 9.17) is 0 Å². The maximum absolute atomic E-state index is 12.7. The molecule has 4 aromatic rings. The van der Waals surface area contributed by atoms with Crippen molar-refractivity contribution in [3.63, 3.8) is 0 Å². The number of carbonyl (C=O) groups excluding carboxylic acids is 1. The number of fused-ring (bicyclic) bond motifs is 2. The van der Waals surface area contributed by atoms with Gasteiger partial charge in [-0.25, -0.2) is 9.97 Å². The Morgan fingerprint density at radius 2 is 2.00 bits per heavy atom. The lowest BCUT2D eigenvalue weighted by Gasteiger charge is -2.05. The summed E-state index contributed by atoms with van der Waals surface area (Å²) < 4.78 is 1.84. The number of para-hydroxylation sites is 2. The fourth-order valence-corrected chi connectivity index (χ4v) is 3.03. The molecule has 0 radical (unpaired) electrons. The minimum Gasteiger partial charge on any atom is -0.350 e. The number of aryl methyl sites for hydroxylation is 1. The number of amides is 1. The molecule has 1 amide bonds. The van der Waals surface area contributed by atoms with E-state index >= 15 is 0 Å². The Morgan fingerprint density at radius 3 is 2.84 bits per heavy atom. The first kappa shape index (κ1) is 15.4. The van der Waals surface area contributed by atoms with Gasteiger partial charge >= 0.3 is 0 Å². The van der Waals surface area contributed by atoms with Crippen molar-refractivity contribution in [1.29, 1.82) is 0 Å². The molecule has 0 saturated carbocycles. The molecule has 3 heterocycles. The number of pyridine rings is 1. The number of H-pyrrole nitrogens is 1. The van der Waals surface area contributed by atoms with Gasteiger partial charge < -0.3 is 10.3 Å². The molecule has 0 aliphatic rings. The van der Waals surface area contributed by atoms with Crippen LogP contribution in [0.5, 0.6) is 0 Å². The van der Waals surface area contributed by atoms with Gasteiger partial charge in [0.2, 0.25) is 0 Å². The average molecular weight is 333 g/mol. The van der Waals surface area contributed by atoms with Gasteiger partial charge in [-0.1, -0.05) is 25.1 Å². The minimum atomic E-state index is -0.105. The normalized spacial score (nSPS) is 11.2. The maximum atomic E-state index is 12.7. The van der Waals surface area contributed by atoms with Gasteiger partial charge in [-0.15, -0.1) is 0 Å². The van der Waals surface area contributed by atoms with Crippen LogP contribution in [0, 0.1) is 0 Å². The number of hydrogen-bond donors (Lipinski definition) is 2. The highest BCUT2D eigenvalue weighted by Crippen LogP contribution is 2.14. The first-order valence-corrected chi connectivity index (χ1v) is 8.44. The van der Waals surface area contributed by atoms with Gasteiger partial charge in [0.05, 0.1) is 16.7 Å². The molecule has 6 heteroatoms. The SMILES string of the molecule is CCc1nc2ccccn2c1C(=O)NCCc1nc2ccccc2[nH]1. The zero-order chi connectivity index (χ0) is 17.2. The van der Waals surface area contributed by atoms with Crippen molar-refractivity contribution in [2.45, 2.75) is 19.8 Å². The Kier molecular flexibility index (Phi) is 3.93. The molecule has 126 valence electrons. The predicted molar refractivity (Wildman–Crippen MR) is 96.7 cm³/mol. The lowest BCUT2D eigenvalue weighted by molar-refractivity contribution is 0.0947. The van der Waals surface area contributed by atoms with Crippen LogP contribution in [0.1, 0.15) is 28.9 Å². The first-order valence-electron chi connectivity index (χ1n) is 8.44. The standard InChI is InChI=1S/C19H19N5O/c1-2-13-18(24-12-6-5-9-17(24)23-13)19(25)20-11-10-16-21-14-7-3-4-8-15(14)22-16/h3-9,12H,2,10-11H2,1H3,(H,20,25)(H,21,22). The summed E-state index contributed by atoms with van der Waals surface area (Å²) >= 11 is 0. The number of carbonyl (C=O) groups is 1. The van der Waals surface area contributed by atoms with E-state index in [2.05, 4.69) is 20.3 Å². The van der Waals surface area contributed by atoms with Crippen molar-refractivity contribution in [2.24, 2.45) is 0 Å². The molecule has 0 aliphatic heterocycles. The molecule has 4 rings (SSSR count). The second-order valence-corrected chi connectivity index (χ2v) is 5.90. The van der Waals surface area contributed by atoms with Crippen LogP contribution in [0.25, 0.3) is 16.7 Å². The van der Waals surface area contributed by atoms with Gasteiger partial charge in [0.15, 0.2) is 0 Å². The molecule has 0 aliphatic carbocycles. The van der Waals surface area contributed by atoms with Crippen molar-refractivity contribution in [3.05, 3.63) is 65.9 Å². The van der Waals surface area contributed by atoms with Gasteiger partial charge in [-0.05, 0) is 30.7 Å². The average Bonchev–Trinajstić information content (AvgIpc) is 3.21. The molecule has 0 bridgehead atoms. The second kappa shape index (κ2) is 6.39. The highest BCUT2D eigenvalue weighted by atomic mass is 16.1. The highest BCUT2D eigenvalue weighted by Gasteiger charge is 2.17. The van der Waals surface area contributed by atoms with E-state index in [1.165, 1.54) is 0 Å². The van der Waals surface area contributed by atoms with Crippen molar-refractivity contribution < 1.29 is 4.79 Å². The third-order valence-corrected chi connectivity index (χ3v) is 4.24. The molecule has 25 heavy (non-hydrogen) atoms. The van der Waals surface area contributed by atoms with E-state index in [1.54, 1.807) is 0 Å². The Balaban J connectivity index is 1.49. The molecule has 2 N–H and O–H groups in total. The summed E-state index contributed by atoms with van der Waals surface area (Å²) in [5, 5.41) is 2.98. The number of aromatic nitrogens is 4. The molecule has 1 aromatic carbocycles. The zero-order valence-electron chi connectivity index (χ0n) is 14.0. The molecule has 3 aromatic heterocycles. The lowest BCUT2D eigenvalue weighted by atomic mass is 10.2. The second-order valence-electron chi connectivity index (χ2n) is 5.90. The first-order chi connectivity index (χ1) is 12.3. The van der Waals surface area contributed by atoms with Gasteiger partial charge in [0, 0.05) is 19.2 Å². The van der Waals surface area contributed by atoms with Crippen LogP contribution in [0.4, 0.5) is 0 Å². The van der Waals surface area contributed by atoms with Crippen LogP contribution in [0.3, 0.4) is 0 Å². The zero-order valence-corrected chi connectivity index (χ0v) is 14.0. The number of imidazole rings is 2. The van der Waals surface area contributed by atoms with Gasteiger partial charge in [0.1, 0.15) is 17.2 Å². The molecular formula is C19H19N5O. The van der Waals surface area contributed by atoms with Crippen molar-refractivity contribution >= 4 is 22.6 Å². The largest absolute Gasteiger partial charge is 0.350 e. The van der Waals surface area contributed by atoms with Gasteiger partial charge in [-0.2, -0.15) is 0 Å². The van der Waals surface area contributed by atoms with E-state index in [1.807, 2.05) is 60.0 Å². The topological polar surface area (TPSA) is 75.1 Å². The van der Waals surface area contributed by atoms with Crippen molar-refractivity contribution in [3.8, 4) is 0 Å².